The third-order valence-corrected chi connectivity index (χ3v) is 13.0. The van der Waals surface area contributed by atoms with Gasteiger partial charge in [0.25, 0.3) is 42.4 Å². The summed E-state index contributed by atoms with van der Waals surface area (Å²) in [5.74, 6) is -5.57. The van der Waals surface area contributed by atoms with Gasteiger partial charge in [0, 0.05) is 31.0 Å². The number of hydrogen-bond donors (Lipinski definition) is 4. The summed E-state index contributed by atoms with van der Waals surface area (Å²) in [6.45, 7) is 2.05. The largest absolute Gasteiger partial charge is 0.481 e. The number of ether oxygens (including phenoxy) is 1. The van der Waals surface area contributed by atoms with Gasteiger partial charge in [-0.05, 0) is 73.8 Å². The summed E-state index contributed by atoms with van der Waals surface area (Å²) < 4.78 is 71.9. The van der Waals surface area contributed by atoms with E-state index in [1.165, 1.54) is 0 Å². The van der Waals surface area contributed by atoms with E-state index in [0.717, 1.165) is 37.6 Å². The van der Waals surface area contributed by atoms with E-state index in [1.54, 1.807) is 13.0 Å². The number of nitrogens with zero attached hydrogens (tertiary/aromatic N) is 4. The molecule has 306 valence electrons. The highest BCUT2D eigenvalue weighted by Gasteiger charge is 2.36. The van der Waals surface area contributed by atoms with Crippen LogP contribution in [0.5, 0.6) is 0 Å². The lowest BCUT2D eigenvalue weighted by molar-refractivity contribution is -0.138. The fourth-order valence-corrected chi connectivity index (χ4v) is 9.75. The number of carbonyl (C=O) groups excluding carboxylic acids is 1. The molecular formula is C34H36N4O14S5. The Labute approximate surface area is 337 Å². The van der Waals surface area contributed by atoms with Crippen molar-refractivity contribution < 1.29 is 55.3 Å². The Balaban J connectivity index is 1.79. The number of aliphatic carboxylic acids is 2. The number of carboxylic acid groups (broad SMARTS) is 2. The minimum atomic E-state index is -4.64. The second-order valence-electron chi connectivity index (χ2n) is 12.8. The third-order valence-electron chi connectivity index (χ3n) is 8.67. The number of amides is 1. The van der Waals surface area contributed by atoms with Crippen LogP contribution in [0.25, 0.3) is 17.4 Å². The summed E-state index contributed by atoms with van der Waals surface area (Å²) in [4.78, 5) is 67.4. The van der Waals surface area contributed by atoms with Crippen LogP contribution in [0, 0.1) is 16.1 Å². The maximum Gasteiger partial charge on any atom is 0.323 e. The Hall–Kier alpha value is -4.78. The van der Waals surface area contributed by atoms with Crippen molar-refractivity contribution in [3.8, 4) is 0 Å². The Morgan fingerprint density at radius 3 is 2.19 bits per heavy atom. The molecule has 2 aromatic heterocycles. The monoisotopic (exact) mass is 884 g/mol. The van der Waals surface area contributed by atoms with E-state index in [1.807, 2.05) is 42.2 Å². The number of carboxylic acids is 2. The predicted molar refractivity (Wildman–Crippen MR) is 214 cm³/mol. The van der Waals surface area contributed by atoms with Crippen molar-refractivity contribution in [2.24, 2.45) is 0 Å². The summed E-state index contributed by atoms with van der Waals surface area (Å²) in [5, 5.41) is 18.4. The zero-order chi connectivity index (χ0) is 42.0. The van der Waals surface area contributed by atoms with Crippen molar-refractivity contribution >= 4 is 101 Å². The van der Waals surface area contributed by atoms with Gasteiger partial charge in [0.2, 0.25) is 5.76 Å². The topological polar surface area (TPSA) is 260 Å². The highest BCUT2D eigenvalue weighted by Crippen LogP contribution is 2.33. The summed E-state index contributed by atoms with van der Waals surface area (Å²) in [6, 6.07) is 5.77. The van der Waals surface area contributed by atoms with Gasteiger partial charge in [-0.2, -0.15) is 16.8 Å². The first-order valence-corrected chi connectivity index (χ1v) is 22.3. The van der Waals surface area contributed by atoms with Gasteiger partial charge in [0.05, 0.1) is 22.5 Å². The zero-order valence-electron chi connectivity index (χ0n) is 30.2. The van der Waals surface area contributed by atoms with E-state index >= 15 is 0 Å². The molecule has 18 nitrogen and oxygen atoms in total. The lowest BCUT2D eigenvalue weighted by atomic mass is 10.0. The molecule has 5 rings (SSSR count). The summed E-state index contributed by atoms with van der Waals surface area (Å²) in [6.07, 6.45) is 5.67. The Kier molecular flexibility index (Phi) is 13.2. The third kappa shape index (κ3) is 10.2. The number of allylic oxidation sites excluding steroid dienone is 2. The van der Waals surface area contributed by atoms with E-state index in [-0.39, 0.29) is 37.8 Å². The summed E-state index contributed by atoms with van der Waals surface area (Å²) in [5.41, 5.74) is 2.01. The molecule has 3 aromatic rings. The molecule has 0 aliphatic carbocycles. The smallest absolute Gasteiger partial charge is 0.323 e. The molecule has 57 heavy (non-hydrogen) atoms. The molecule has 2 aliphatic rings. The molecule has 1 amide bonds. The predicted octanol–water partition coefficient (Wildman–Crippen LogP) is 1.07. The van der Waals surface area contributed by atoms with Crippen molar-refractivity contribution in [3.05, 3.63) is 86.3 Å². The van der Waals surface area contributed by atoms with Gasteiger partial charge in [0.15, 0.2) is 0 Å². The first-order chi connectivity index (χ1) is 26.7. The first-order valence-electron chi connectivity index (χ1n) is 17.1. The van der Waals surface area contributed by atoms with E-state index in [2.05, 4.69) is 0 Å². The van der Waals surface area contributed by atoms with E-state index < -0.39 is 91.2 Å². The molecule has 4 N–H and O–H groups in total. The van der Waals surface area contributed by atoms with Gasteiger partial charge >= 0.3 is 11.9 Å². The van der Waals surface area contributed by atoms with Crippen LogP contribution in [-0.4, -0.2) is 97.8 Å². The van der Waals surface area contributed by atoms with Gasteiger partial charge in [-0.25, -0.2) is 0 Å². The number of rotatable bonds is 15. The maximum absolute atomic E-state index is 14.2. The second kappa shape index (κ2) is 17.4. The number of benzene rings is 1. The molecule has 1 fully saturated rings. The number of carbonyl (C=O) groups is 3. The van der Waals surface area contributed by atoms with Crippen molar-refractivity contribution in [3.63, 3.8) is 0 Å². The molecule has 4 heterocycles. The average Bonchev–Trinajstić information content (AvgIpc) is 3.71. The molecular weight excluding hydrogens is 849 g/mol. The molecule has 1 saturated heterocycles. The van der Waals surface area contributed by atoms with Gasteiger partial charge < -0.3 is 19.8 Å². The highest BCUT2D eigenvalue weighted by atomic mass is 32.2. The number of thiocarbonyl (C=S) groups is 1. The SMILES string of the molecule is CCC(C=C1C=Cc2cc(C)ccc2N1CCCCS(=O)(=O)O)=c1s/c(=c2/sc(=C3OC(=S)N(CCC(=O)O)C3=O)n(CC(=O)O)c2=O)n(CCS(=O)(=O)O)c1=O. The number of aryl methyl sites for hydroxylation is 1. The molecule has 23 heteroatoms. The van der Waals surface area contributed by atoms with E-state index in [4.69, 9.17) is 22.1 Å². The minimum Gasteiger partial charge on any atom is -0.481 e. The number of thiazole rings is 2. The Morgan fingerprint density at radius 2 is 1.56 bits per heavy atom. The fourth-order valence-electron chi connectivity index (χ4n) is 6.01. The van der Waals surface area contributed by atoms with Crippen molar-refractivity contribution in [2.45, 2.75) is 52.6 Å². The number of aromatic nitrogens is 2. The average molecular weight is 885 g/mol. The van der Waals surface area contributed by atoms with Crippen LogP contribution in [0.2, 0.25) is 0 Å². The van der Waals surface area contributed by atoms with Crippen LogP contribution in [0.1, 0.15) is 43.7 Å². The van der Waals surface area contributed by atoms with Gasteiger partial charge in [-0.1, -0.05) is 24.6 Å². The Bertz CT molecular complexity index is 2810. The normalized spacial score (nSPS) is 17.3. The molecule has 1 aromatic carbocycles. The number of anilines is 1. The number of fused-ring (bicyclic) bond motifs is 1. The fraction of sp³-hybridized carbons (Fsp3) is 0.353. The van der Waals surface area contributed by atoms with Crippen LogP contribution in [-0.2, 0) is 52.4 Å². The standard InChI is InChI=1S/C34H36N4O14S5/c1-3-20(17-22-8-7-21-16-19(2)6-9-23(21)35(22)11-4-5-14-56(46,47)48)27-30(44)36(13-15-57(49,50)51)33(54-27)28-31(45)38(18-25(41)42)32(55-28)26-29(43)37(34(53)52-26)12-10-24(39)40/h6-9,16-17H,3-5,10-15,18H2,1-2H3,(H,39,40)(H,41,42)(H,46,47,48)(H,49,50,51)/b22-17?,27-20?,32-26?,33-28+. The van der Waals surface area contributed by atoms with Crippen LogP contribution in [0.3, 0.4) is 0 Å². The Morgan fingerprint density at radius 1 is 0.860 bits per heavy atom. The van der Waals surface area contributed by atoms with Crippen LogP contribution in [0.4, 0.5) is 5.69 Å². The van der Waals surface area contributed by atoms with Crippen LogP contribution >= 0.6 is 34.9 Å². The maximum atomic E-state index is 14.2. The van der Waals surface area contributed by atoms with Gasteiger partial charge in [-0.15, -0.1) is 22.7 Å². The molecule has 0 unspecified atom stereocenters. The van der Waals surface area contributed by atoms with Crippen molar-refractivity contribution in [2.75, 3.05) is 29.5 Å². The van der Waals surface area contributed by atoms with Crippen molar-refractivity contribution in [1.29, 1.82) is 0 Å². The van der Waals surface area contributed by atoms with Gasteiger partial charge in [-0.3, -0.25) is 47.1 Å². The molecule has 0 saturated carbocycles. The second-order valence-corrected chi connectivity index (χ2v) is 18.3. The lowest BCUT2D eigenvalue weighted by Crippen LogP contribution is -2.34. The molecule has 2 aliphatic heterocycles. The zero-order valence-corrected chi connectivity index (χ0v) is 34.3. The molecule has 0 atom stereocenters. The molecule has 0 spiro atoms. The van der Waals surface area contributed by atoms with Crippen LogP contribution < -0.4 is 25.2 Å². The van der Waals surface area contributed by atoms with E-state index in [0.29, 0.717) is 40.1 Å². The molecule has 0 bridgehead atoms. The molecule has 0 radical (unpaired) electrons. The first kappa shape index (κ1) is 43.3. The number of unbranched alkanes of at least 4 members (excludes halogenated alkanes) is 1. The summed E-state index contributed by atoms with van der Waals surface area (Å²) >= 11 is 6.49. The van der Waals surface area contributed by atoms with E-state index in [9.17, 15) is 55.0 Å². The lowest BCUT2D eigenvalue weighted by Gasteiger charge is -2.31. The highest BCUT2D eigenvalue weighted by molar-refractivity contribution is 7.86. The minimum absolute atomic E-state index is 0.0748. The summed E-state index contributed by atoms with van der Waals surface area (Å²) in [7, 11) is -8.82. The van der Waals surface area contributed by atoms with Crippen LogP contribution in [0.15, 0.2) is 45.6 Å². The quantitative estimate of drug-likeness (QED) is 0.0946. The number of hydrogen-bond acceptors (Lipinski definition) is 14. The van der Waals surface area contributed by atoms with Crippen molar-refractivity contribution in [1.82, 2.24) is 14.0 Å². The van der Waals surface area contributed by atoms with Gasteiger partial charge in [0.1, 0.15) is 20.4 Å².